The van der Waals surface area contributed by atoms with E-state index in [1.807, 2.05) is 59.1 Å². The highest BCUT2D eigenvalue weighted by molar-refractivity contribution is 5.94. The van der Waals surface area contributed by atoms with Crippen molar-refractivity contribution in [2.45, 2.75) is 19.5 Å². The number of aryl methyl sites for hydroxylation is 1. The monoisotopic (exact) mass is 613 g/mol. The average Bonchev–Trinajstić information content (AvgIpc) is 3.48. The van der Waals surface area contributed by atoms with Gasteiger partial charge in [0.1, 0.15) is 18.0 Å². The van der Waals surface area contributed by atoms with Crippen LogP contribution in [0.3, 0.4) is 0 Å². The quantitative estimate of drug-likeness (QED) is 0.196. The topological polar surface area (TPSA) is 73.1 Å². The molecule has 6 rings (SSSR count). The fourth-order valence-electron chi connectivity index (χ4n) is 5.37. The Labute approximate surface area is 257 Å². The number of pyridine rings is 1. The highest BCUT2D eigenvalue weighted by Crippen LogP contribution is 2.32. The third-order valence-corrected chi connectivity index (χ3v) is 7.83. The van der Waals surface area contributed by atoms with E-state index in [1.54, 1.807) is 23.2 Å². The number of hydrogen-bond acceptors (Lipinski definition) is 5. The fraction of sp³-hybridized carbons (Fsp3) is 0.229. The predicted octanol–water partition coefficient (Wildman–Crippen LogP) is 6.66. The number of rotatable bonds is 8. The molecule has 1 amide bonds. The number of benzene rings is 3. The van der Waals surface area contributed by atoms with E-state index in [4.69, 9.17) is 9.47 Å². The summed E-state index contributed by atoms with van der Waals surface area (Å²) in [7, 11) is 0. The van der Waals surface area contributed by atoms with Gasteiger partial charge in [-0.25, -0.2) is 4.98 Å². The number of carbonyl (C=O) groups is 2. The molecule has 3 aromatic carbocycles. The Hall–Kier alpha value is -4.96. The summed E-state index contributed by atoms with van der Waals surface area (Å²) in [5.74, 6) is 0.136. The second kappa shape index (κ2) is 12.6. The highest BCUT2D eigenvalue weighted by Gasteiger charge is 2.32. The van der Waals surface area contributed by atoms with Crippen LogP contribution in [-0.4, -0.2) is 58.9 Å². The molecule has 230 valence electrons. The first-order valence-electron chi connectivity index (χ1n) is 14.5. The van der Waals surface area contributed by atoms with Gasteiger partial charge in [0, 0.05) is 36.8 Å². The Kier molecular flexibility index (Phi) is 8.40. The van der Waals surface area contributed by atoms with Crippen molar-refractivity contribution in [3.8, 4) is 28.1 Å². The smallest absolute Gasteiger partial charge is 0.416 e. The van der Waals surface area contributed by atoms with Crippen molar-refractivity contribution in [1.29, 1.82) is 0 Å². The van der Waals surface area contributed by atoms with E-state index in [2.05, 4.69) is 4.98 Å². The molecular formula is C35H30F3N3O4. The summed E-state index contributed by atoms with van der Waals surface area (Å²) in [6, 6.07) is 22.6. The van der Waals surface area contributed by atoms with Gasteiger partial charge in [0.2, 0.25) is 0 Å². The van der Waals surface area contributed by atoms with Crippen LogP contribution in [0.5, 0.6) is 5.75 Å². The molecule has 1 saturated heterocycles. The van der Waals surface area contributed by atoms with Gasteiger partial charge < -0.3 is 14.4 Å². The SMILES string of the molecule is Cc1ccc(CC(=O)COc2ccc(-c3cnc4ccc(-c5ccc(C(=O)N6CCOCC6)cc5)cn34)cc2)cc1C(F)(F)F. The zero-order valence-corrected chi connectivity index (χ0v) is 24.5. The number of ketones is 1. The van der Waals surface area contributed by atoms with Crippen molar-refractivity contribution in [2.24, 2.45) is 0 Å². The molecule has 3 heterocycles. The molecule has 45 heavy (non-hydrogen) atoms. The van der Waals surface area contributed by atoms with E-state index >= 15 is 0 Å². The highest BCUT2D eigenvalue weighted by atomic mass is 19.4. The number of fused-ring (bicyclic) bond motifs is 1. The van der Waals surface area contributed by atoms with Crippen molar-refractivity contribution in [3.63, 3.8) is 0 Å². The molecule has 7 nitrogen and oxygen atoms in total. The summed E-state index contributed by atoms with van der Waals surface area (Å²) in [4.78, 5) is 31.6. The Morgan fingerprint density at radius 3 is 2.29 bits per heavy atom. The van der Waals surface area contributed by atoms with Crippen LogP contribution in [0.1, 0.15) is 27.0 Å². The van der Waals surface area contributed by atoms with Crippen LogP contribution in [0.2, 0.25) is 0 Å². The van der Waals surface area contributed by atoms with Crippen molar-refractivity contribution in [1.82, 2.24) is 14.3 Å². The Morgan fingerprint density at radius 1 is 0.889 bits per heavy atom. The first-order valence-corrected chi connectivity index (χ1v) is 14.5. The summed E-state index contributed by atoms with van der Waals surface area (Å²) < 4.78 is 52.6. The molecule has 10 heteroatoms. The summed E-state index contributed by atoms with van der Waals surface area (Å²) in [6.07, 6.45) is -0.854. The van der Waals surface area contributed by atoms with Gasteiger partial charge in [0.25, 0.3) is 5.91 Å². The molecule has 1 aliphatic heterocycles. The van der Waals surface area contributed by atoms with Crippen LogP contribution in [0.25, 0.3) is 28.0 Å². The molecule has 0 N–H and O–H groups in total. The number of aromatic nitrogens is 2. The van der Waals surface area contributed by atoms with Crippen LogP contribution in [-0.2, 0) is 22.1 Å². The maximum atomic E-state index is 13.2. The Balaban J connectivity index is 1.11. The van der Waals surface area contributed by atoms with E-state index in [9.17, 15) is 22.8 Å². The molecule has 0 aliphatic carbocycles. The number of amides is 1. The minimum Gasteiger partial charge on any atom is -0.486 e. The molecule has 1 aliphatic rings. The summed E-state index contributed by atoms with van der Waals surface area (Å²) in [6.45, 7) is 3.43. The van der Waals surface area contributed by atoms with Crippen LogP contribution < -0.4 is 4.74 Å². The zero-order valence-electron chi connectivity index (χ0n) is 24.5. The largest absolute Gasteiger partial charge is 0.486 e. The van der Waals surface area contributed by atoms with Crippen molar-refractivity contribution in [2.75, 3.05) is 32.9 Å². The van der Waals surface area contributed by atoms with Gasteiger partial charge >= 0.3 is 6.18 Å². The van der Waals surface area contributed by atoms with Gasteiger partial charge in [-0.3, -0.25) is 14.0 Å². The van der Waals surface area contributed by atoms with Gasteiger partial charge in [0.15, 0.2) is 5.78 Å². The van der Waals surface area contributed by atoms with Crippen molar-refractivity contribution >= 4 is 17.3 Å². The molecular weight excluding hydrogens is 583 g/mol. The van der Waals surface area contributed by atoms with Crippen molar-refractivity contribution in [3.05, 3.63) is 114 Å². The number of nitrogens with zero attached hydrogens (tertiary/aromatic N) is 3. The number of imidazole rings is 1. The summed E-state index contributed by atoms with van der Waals surface area (Å²) >= 11 is 0. The third-order valence-electron chi connectivity index (χ3n) is 7.83. The molecule has 0 saturated carbocycles. The van der Waals surface area contributed by atoms with Gasteiger partial charge in [-0.1, -0.05) is 24.3 Å². The van der Waals surface area contributed by atoms with Crippen LogP contribution in [0.4, 0.5) is 13.2 Å². The molecule has 0 atom stereocenters. The van der Waals surface area contributed by atoms with E-state index in [0.29, 0.717) is 43.2 Å². The predicted molar refractivity (Wildman–Crippen MR) is 163 cm³/mol. The van der Waals surface area contributed by atoms with E-state index < -0.39 is 11.7 Å². The van der Waals surface area contributed by atoms with Crippen LogP contribution >= 0.6 is 0 Å². The lowest BCUT2D eigenvalue weighted by Crippen LogP contribution is -2.40. The minimum absolute atomic E-state index is 0.000203. The third kappa shape index (κ3) is 6.76. The minimum atomic E-state index is -4.47. The lowest BCUT2D eigenvalue weighted by Gasteiger charge is -2.26. The van der Waals surface area contributed by atoms with Gasteiger partial charge in [-0.05, 0) is 83.8 Å². The standard InChI is InChI=1S/C35H30F3N3O4/c1-23-2-3-24(19-31(23)35(36,37)38)18-29(42)22-45-30-11-8-26(9-12-30)32-20-39-33-13-10-28(21-41(32)33)25-4-6-27(7-5-25)34(43)40-14-16-44-17-15-40/h2-13,19-21H,14-18,22H2,1H3. The summed E-state index contributed by atoms with van der Waals surface area (Å²) in [5, 5.41) is 0. The number of ether oxygens (including phenoxy) is 2. The normalized spacial score (nSPS) is 13.6. The first-order chi connectivity index (χ1) is 21.7. The number of alkyl halides is 3. The maximum absolute atomic E-state index is 13.2. The maximum Gasteiger partial charge on any atom is 0.416 e. The second-order valence-corrected chi connectivity index (χ2v) is 10.9. The molecule has 2 aromatic heterocycles. The first kappa shape index (κ1) is 30.1. The lowest BCUT2D eigenvalue weighted by atomic mass is 10.0. The number of morpholine rings is 1. The number of hydrogen-bond donors (Lipinski definition) is 0. The molecule has 1 fully saturated rings. The van der Waals surface area contributed by atoms with Crippen LogP contribution in [0, 0.1) is 6.92 Å². The van der Waals surface area contributed by atoms with Gasteiger partial charge in [0.05, 0.1) is 30.7 Å². The summed E-state index contributed by atoms with van der Waals surface area (Å²) in [5.41, 5.74) is 4.73. The molecule has 5 aromatic rings. The fourth-order valence-corrected chi connectivity index (χ4v) is 5.37. The second-order valence-electron chi connectivity index (χ2n) is 10.9. The number of Topliss-reactive ketones (excluding diaryl/α,β-unsaturated/α-hetero) is 1. The van der Waals surface area contributed by atoms with E-state index in [-0.39, 0.29) is 30.3 Å². The Bertz CT molecular complexity index is 1840. The van der Waals surface area contributed by atoms with E-state index in [1.165, 1.54) is 19.1 Å². The Morgan fingerprint density at radius 2 is 1.58 bits per heavy atom. The number of halogens is 3. The number of carbonyl (C=O) groups excluding carboxylic acids is 2. The molecule has 0 bridgehead atoms. The lowest BCUT2D eigenvalue weighted by molar-refractivity contribution is -0.138. The molecule has 0 radical (unpaired) electrons. The van der Waals surface area contributed by atoms with Crippen molar-refractivity contribution < 1.29 is 32.2 Å². The average molecular weight is 614 g/mol. The molecule has 0 spiro atoms. The molecule has 0 unspecified atom stereocenters. The van der Waals surface area contributed by atoms with Gasteiger partial charge in [-0.2, -0.15) is 13.2 Å². The van der Waals surface area contributed by atoms with Crippen LogP contribution in [0.15, 0.2) is 91.3 Å². The van der Waals surface area contributed by atoms with E-state index in [0.717, 1.165) is 34.1 Å². The zero-order chi connectivity index (χ0) is 31.6. The van der Waals surface area contributed by atoms with Gasteiger partial charge in [-0.15, -0.1) is 0 Å².